The van der Waals surface area contributed by atoms with Gasteiger partial charge in [0, 0.05) is 23.7 Å². The van der Waals surface area contributed by atoms with Gasteiger partial charge in [0.15, 0.2) is 5.76 Å². The van der Waals surface area contributed by atoms with Gasteiger partial charge in [-0.15, -0.1) is 0 Å². The number of rotatable bonds is 7. The summed E-state index contributed by atoms with van der Waals surface area (Å²) in [6.07, 6.45) is 2.56. The Balaban J connectivity index is 1.98. The van der Waals surface area contributed by atoms with Crippen molar-refractivity contribution < 1.29 is 13.7 Å². The molecule has 0 aliphatic carbocycles. The molecule has 108 valence electrons. The summed E-state index contributed by atoms with van der Waals surface area (Å²) in [5.74, 6) is 0.814. The van der Waals surface area contributed by atoms with Crippen molar-refractivity contribution in [3.8, 4) is 5.75 Å². The van der Waals surface area contributed by atoms with Crippen LogP contribution in [-0.2, 0) is 6.61 Å². The van der Waals surface area contributed by atoms with Crippen LogP contribution < -0.4 is 10.1 Å². The summed E-state index contributed by atoms with van der Waals surface area (Å²) >= 11 is 0. The van der Waals surface area contributed by atoms with Crippen LogP contribution in [0.1, 0.15) is 37.6 Å². The van der Waals surface area contributed by atoms with Gasteiger partial charge in [-0.3, -0.25) is 0 Å². The quantitative estimate of drug-likeness (QED) is 0.842. The molecule has 1 aromatic carbocycles. The molecule has 1 atom stereocenters. The zero-order valence-corrected chi connectivity index (χ0v) is 11.7. The Kier molecular flexibility index (Phi) is 5.12. The maximum Gasteiger partial charge on any atom is 0.174 e. The SMILES string of the molecule is CCCNC(C)c1ccc(OCc2ccno2)cc1F. The number of nitrogens with one attached hydrogen (secondary N) is 1. The highest BCUT2D eigenvalue weighted by Gasteiger charge is 2.11. The Labute approximate surface area is 117 Å². The summed E-state index contributed by atoms with van der Waals surface area (Å²) in [5, 5.41) is 6.84. The summed E-state index contributed by atoms with van der Waals surface area (Å²) < 4.78 is 24.4. The third kappa shape index (κ3) is 3.81. The number of halogens is 1. The number of hydrogen-bond donors (Lipinski definition) is 1. The van der Waals surface area contributed by atoms with Crippen molar-refractivity contribution in [2.24, 2.45) is 0 Å². The fourth-order valence-electron chi connectivity index (χ4n) is 1.89. The summed E-state index contributed by atoms with van der Waals surface area (Å²) in [6.45, 7) is 5.13. The van der Waals surface area contributed by atoms with Crippen LogP contribution >= 0.6 is 0 Å². The summed E-state index contributed by atoms with van der Waals surface area (Å²) in [7, 11) is 0. The molecule has 0 amide bonds. The predicted octanol–water partition coefficient (Wildman–Crippen LogP) is 3.45. The number of nitrogens with zero attached hydrogens (tertiary/aromatic N) is 1. The molecule has 0 aliphatic heterocycles. The van der Waals surface area contributed by atoms with Gasteiger partial charge in [-0.2, -0.15) is 0 Å². The van der Waals surface area contributed by atoms with Gasteiger partial charge in [0.1, 0.15) is 18.2 Å². The second-order valence-corrected chi connectivity index (χ2v) is 4.63. The zero-order valence-electron chi connectivity index (χ0n) is 11.7. The molecule has 0 saturated carbocycles. The van der Waals surface area contributed by atoms with Gasteiger partial charge in [0.25, 0.3) is 0 Å². The Morgan fingerprint density at radius 2 is 2.25 bits per heavy atom. The first kappa shape index (κ1) is 14.5. The second-order valence-electron chi connectivity index (χ2n) is 4.63. The third-order valence-corrected chi connectivity index (χ3v) is 3.01. The van der Waals surface area contributed by atoms with Gasteiger partial charge < -0.3 is 14.6 Å². The van der Waals surface area contributed by atoms with E-state index in [1.54, 1.807) is 24.4 Å². The highest BCUT2D eigenvalue weighted by molar-refractivity contribution is 5.30. The summed E-state index contributed by atoms with van der Waals surface area (Å²) in [4.78, 5) is 0. The highest BCUT2D eigenvalue weighted by atomic mass is 19.1. The Bertz CT molecular complexity index is 529. The first-order valence-corrected chi connectivity index (χ1v) is 6.76. The van der Waals surface area contributed by atoms with Crippen LogP contribution in [0.4, 0.5) is 4.39 Å². The number of hydrogen-bond acceptors (Lipinski definition) is 4. The molecule has 5 heteroatoms. The number of ether oxygens (including phenoxy) is 1. The maximum absolute atomic E-state index is 14.0. The van der Waals surface area contributed by atoms with E-state index < -0.39 is 0 Å². The third-order valence-electron chi connectivity index (χ3n) is 3.01. The first-order valence-electron chi connectivity index (χ1n) is 6.76. The van der Waals surface area contributed by atoms with Crippen LogP contribution in [0.15, 0.2) is 35.0 Å². The molecule has 1 heterocycles. The van der Waals surface area contributed by atoms with Gasteiger partial charge in [0.2, 0.25) is 0 Å². The lowest BCUT2D eigenvalue weighted by atomic mass is 10.1. The lowest BCUT2D eigenvalue weighted by Crippen LogP contribution is -2.20. The van der Waals surface area contributed by atoms with E-state index in [2.05, 4.69) is 17.4 Å². The zero-order chi connectivity index (χ0) is 14.4. The minimum absolute atomic E-state index is 0.0155. The smallest absolute Gasteiger partial charge is 0.174 e. The summed E-state index contributed by atoms with van der Waals surface area (Å²) in [6, 6.07) is 6.60. The summed E-state index contributed by atoms with van der Waals surface area (Å²) in [5.41, 5.74) is 0.644. The van der Waals surface area contributed by atoms with Gasteiger partial charge in [-0.05, 0) is 26.0 Å². The van der Waals surface area contributed by atoms with Gasteiger partial charge in [-0.1, -0.05) is 18.1 Å². The molecule has 0 fully saturated rings. The lowest BCUT2D eigenvalue weighted by molar-refractivity contribution is 0.248. The van der Waals surface area contributed by atoms with Crippen LogP contribution in [-0.4, -0.2) is 11.7 Å². The van der Waals surface area contributed by atoms with Crippen LogP contribution in [0.25, 0.3) is 0 Å². The topological polar surface area (TPSA) is 47.3 Å². The number of aromatic nitrogens is 1. The van der Waals surface area contributed by atoms with Gasteiger partial charge in [0.05, 0.1) is 6.20 Å². The average molecular weight is 278 g/mol. The Hall–Kier alpha value is -1.88. The van der Waals surface area contributed by atoms with Crippen molar-refractivity contribution in [2.75, 3.05) is 6.54 Å². The van der Waals surface area contributed by atoms with Crippen molar-refractivity contribution in [3.05, 3.63) is 47.6 Å². The first-order chi connectivity index (χ1) is 9.70. The van der Waals surface area contributed by atoms with E-state index in [1.165, 1.54) is 6.07 Å². The number of benzene rings is 1. The van der Waals surface area contributed by atoms with Crippen molar-refractivity contribution in [1.29, 1.82) is 0 Å². The fourth-order valence-corrected chi connectivity index (χ4v) is 1.89. The van der Waals surface area contributed by atoms with Crippen molar-refractivity contribution in [1.82, 2.24) is 10.5 Å². The molecule has 20 heavy (non-hydrogen) atoms. The Morgan fingerprint density at radius 1 is 1.40 bits per heavy atom. The Morgan fingerprint density at radius 3 is 2.90 bits per heavy atom. The van der Waals surface area contributed by atoms with Crippen molar-refractivity contribution in [2.45, 2.75) is 32.9 Å². The molecule has 2 rings (SSSR count). The molecule has 0 spiro atoms. The molecule has 4 nitrogen and oxygen atoms in total. The maximum atomic E-state index is 14.0. The normalized spacial score (nSPS) is 12.3. The molecule has 2 aromatic rings. The minimum Gasteiger partial charge on any atom is -0.485 e. The van der Waals surface area contributed by atoms with E-state index in [-0.39, 0.29) is 18.5 Å². The van der Waals surface area contributed by atoms with E-state index in [0.29, 0.717) is 17.1 Å². The largest absolute Gasteiger partial charge is 0.485 e. The van der Waals surface area contributed by atoms with Crippen LogP contribution in [0.2, 0.25) is 0 Å². The molecular weight excluding hydrogens is 259 g/mol. The molecule has 0 saturated heterocycles. The van der Waals surface area contributed by atoms with Gasteiger partial charge in [-0.25, -0.2) is 4.39 Å². The van der Waals surface area contributed by atoms with Crippen LogP contribution in [0.3, 0.4) is 0 Å². The van der Waals surface area contributed by atoms with E-state index in [1.807, 2.05) is 6.92 Å². The van der Waals surface area contributed by atoms with E-state index in [4.69, 9.17) is 9.26 Å². The van der Waals surface area contributed by atoms with Crippen LogP contribution in [0.5, 0.6) is 5.75 Å². The van der Waals surface area contributed by atoms with E-state index >= 15 is 0 Å². The standard InChI is InChI=1S/C15H19FN2O2/c1-3-7-17-11(2)14-5-4-12(9-15(14)16)19-10-13-6-8-18-20-13/h4-6,8-9,11,17H,3,7,10H2,1-2H3. The molecule has 0 bridgehead atoms. The minimum atomic E-state index is -0.267. The van der Waals surface area contributed by atoms with Crippen molar-refractivity contribution in [3.63, 3.8) is 0 Å². The van der Waals surface area contributed by atoms with Crippen LogP contribution in [0, 0.1) is 5.82 Å². The molecule has 1 N–H and O–H groups in total. The highest BCUT2D eigenvalue weighted by Crippen LogP contribution is 2.22. The second kappa shape index (κ2) is 7.05. The molecular formula is C15H19FN2O2. The molecule has 0 radical (unpaired) electrons. The fraction of sp³-hybridized carbons (Fsp3) is 0.400. The van der Waals surface area contributed by atoms with Gasteiger partial charge >= 0.3 is 0 Å². The average Bonchev–Trinajstić information content (AvgIpc) is 2.96. The van der Waals surface area contributed by atoms with E-state index in [9.17, 15) is 4.39 Å². The monoisotopic (exact) mass is 278 g/mol. The van der Waals surface area contributed by atoms with Crippen molar-refractivity contribution >= 4 is 0 Å². The molecule has 1 unspecified atom stereocenters. The predicted molar refractivity (Wildman–Crippen MR) is 73.9 cm³/mol. The lowest BCUT2D eigenvalue weighted by Gasteiger charge is -2.15. The molecule has 0 aliphatic rings. The molecule has 1 aromatic heterocycles. The van der Waals surface area contributed by atoms with E-state index in [0.717, 1.165) is 13.0 Å².